The molecule has 0 aliphatic carbocycles. The predicted octanol–water partition coefficient (Wildman–Crippen LogP) is 4.46. The average molecular weight is 405 g/mol. The lowest BCUT2D eigenvalue weighted by atomic mass is 10.00. The Labute approximate surface area is 162 Å². The highest BCUT2D eigenvalue weighted by atomic mass is 32.1. The molecular formula is C19H14F3N3O2S. The number of carbonyl (C=O) groups excluding carboxylic acids is 1. The van der Waals surface area contributed by atoms with Crippen molar-refractivity contribution in [3.05, 3.63) is 64.2 Å². The second kappa shape index (κ2) is 7.23. The zero-order chi connectivity index (χ0) is 19.7. The van der Waals surface area contributed by atoms with E-state index in [-0.39, 0.29) is 23.2 Å². The van der Waals surface area contributed by atoms with E-state index in [1.165, 1.54) is 18.2 Å². The first-order chi connectivity index (χ1) is 13.4. The molecular weight excluding hydrogens is 391 g/mol. The van der Waals surface area contributed by atoms with Crippen LogP contribution in [0.3, 0.4) is 0 Å². The molecule has 0 radical (unpaired) electrons. The van der Waals surface area contributed by atoms with Crippen molar-refractivity contribution < 1.29 is 22.5 Å². The summed E-state index contributed by atoms with van der Waals surface area (Å²) >= 11 is 1.54. The minimum absolute atomic E-state index is 0.100. The number of carbonyl (C=O) groups is 1. The van der Waals surface area contributed by atoms with E-state index in [0.29, 0.717) is 19.0 Å². The molecule has 0 N–H and O–H groups in total. The van der Waals surface area contributed by atoms with Crippen molar-refractivity contribution in [2.75, 3.05) is 13.1 Å². The maximum absolute atomic E-state index is 12.8. The number of benzene rings is 1. The van der Waals surface area contributed by atoms with Gasteiger partial charge in [-0.05, 0) is 29.7 Å². The third kappa shape index (κ3) is 3.84. The SMILES string of the molecule is O=C(C=Cc1cccs1)N1CC(c2nc(-c3cccc(C(F)(F)F)c3)no2)C1. The molecule has 3 aromatic rings. The lowest BCUT2D eigenvalue weighted by Crippen LogP contribution is -2.47. The molecule has 4 rings (SSSR count). The largest absolute Gasteiger partial charge is 0.416 e. The molecule has 1 aliphatic rings. The number of nitrogens with zero attached hydrogens (tertiary/aromatic N) is 3. The fourth-order valence-electron chi connectivity index (χ4n) is 2.81. The molecule has 2 aromatic heterocycles. The predicted molar refractivity (Wildman–Crippen MR) is 97.4 cm³/mol. The molecule has 0 spiro atoms. The molecule has 1 amide bonds. The molecule has 1 aliphatic heterocycles. The topological polar surface area (TPSA) is 59.2 Å². The lowest BCUT2D eigenvalue weighted by Gasteiger charge is -2.36. The molecule has 1 aromatic carbocycles. The highest BCUT2D eigenvalue weighted by Gasteiger charge is 2.35. The summed E-state index contributed by atoms with van der Waals surface area (Å²) in [7, 11) is 0. The van der Waals surface area contributed by atoms with Gasteiger partial charge in [0, 0.05) is 29.6 Å². The maximum atomic E-state index is 12.8. The van der Waals surface area contributed by atoms with E-state index in [1.54, 1.807) is 22.3 Å². The molecule has 3 heterocycles. The van der Waals surface area contributed by atoms with Gasteiger partial charge in [0.15, 0.2) is 0 Å². The highest BCUT2D eigenvalue weighted by Crippen LogP contribution is 2.32. The molecule has 0 bridgehead atoms. The first-order valence-corrected chi connectivity index (χ1v) is 9.30. The molecule has 28 heavy (non-hydrogen) atoms. The van der Waals surface area contributed by atoms with Crippen LogP contribution in [-0.4, -0.2) is 34.0 Å². The van der Waals surface area contributed by atoms with E-state index < -0.39 is 11.7 Å². The van der Waals surface area contributed by atoms with Gasteiger partial charge in [-0.2, -0.15) is 18.2 Å². The summed E-state index contributed by atoms with van der Waals surface area (Å²) in [5.74, 6) is 0.190. The van der Waals surface area contributed by atoms with Crippen molar-refractivity contribution in [1.82, 2.24) is 15.0 Å². The number of amides is 1. The Morgan fingerprint density at radius 3 is 2.79 bits per heavy atom. The molecule has 144 valence electrons. The first-order valence-electron chi connectivity index (χ1n) is 8.42. The molecule has 0 unspecified atom stereocenters. The summed E-state index contributed by atoms with van der Waals surface area (Å²) in [6.07, 6.45) is -1.16. The van der Waals surface area contributed by atoms with E-state index >= 15 is 0 Å². The van der Waals surface area contributed by atoms with Gasteiger partial charge in [0.1, 0.15) is 0 Å². The van der Waals surface area contributed by atoms with Gasteiger partial charge in [0.25, 0.3) is 0 Å². The van der Waals surface area contributed by atoms with Gasteiger partial charge in [-0.3, -0.25) is 4.79 Å². The van der Waals surface area contributed by atoms with Gasteiger partial charge in [-0.15, -0.1) is 11.3 Å². The summed E-state index contributed by atoms with van der Waals surface area (Å²) < 4.78 is 43.7. The number of likely N-dealkylation sites (tertiary alicyclic amines) is 1. The number of hydrogen-bond acceptors (Lipinski definition) is 5. The van der Waals surface area contributed by atoms with Crippen LogP contribution in [0, 0.1) is 0 Å². The summed E-state index contributed by atoms with van der Waals surface area (Å²) in [5, 5.41) is 5.71. The number of alkyl halides is 3. The zero-order valence-electron chi connectivity index (χ0n) is 14.4. The van der Waals surface area contributed by atoms with Gasteiger partial charge >= 0.3 is 6.18 Å². The summed E-state index contributed by atoms with van der Waals surface area (Å²) in [5.41, 5.74) is -0.537. The number of halogens is 3. The lowest BCUT2D eigenvalue weighted by molar-refractivity contribution is -0.137. The van der Waals surface area contributed by atoms with Gasteiger partial charge in [-0.25, -0.2) is 0 Å². The second-order valence-corrected chi connectivity index (χ2v) is 7.30. The summed E-state index contributed by atoms with van der Waals surface area (Å²) in [6.45, 7) is 0.857. The maximum Gasteiger partial charge on any atom is 0.416 e. The van der Waals surface area contributed by atoms with Crippen LogP contribution in [0.15, 0.2) is 52.4 Å². The Morgan fingerprint density at radius 1 is 1.25 bits per heavy atom. The normalized spacial score (nSPS) is 15.2. The minimum atomic E-state index is -4.44. The van der Waals surface area contributed by atoms with Crippen molar-refractivity contribution in [2.45, 2.75) is 12.1 Å². The third-order valence-electron chi connectivity index (χ3n) is 4.37. The van der Waals surface area contributed by atoms with Crippen LogP contribution >= 0.6 is 11.3 Å². The molecule has 1 fully saturated rings. The number of hydrogen-bond donors (Lipinski definition) is 0. The van der Waals surface area contributed by atoms with Crippen molar-refractivity contribution >= 4 is 23.3 Å². The van der Waals surface area contributed by atoms with Crippen molar-refractivity contribution in [3.63, 3.8) is 0 Å². The Bertz CT molecular complexity index is 1010. The van der Waals surface area contributed by atoms with Gasteiger partial charge in [-0.1, -0.05) is 23.4 Å². The quantitative estimate of drug-likeness (QED) is 0.602. The number of rotatable bonds is 4. The van der Waals surface area contributed by atoms with Crippen LogP contribution in [0.25, 0.3) is 17.5 Å². The van der Waals surface area contributed by atoms with Crippen LogP contribution in [0.5, 0.6) is 0 Å². The van der Waals surface area contributed by atoms with E-state index in [2.05, 4.69) is 10.1 Å². The smallest absolute Gasteiger partial charge is 0.339 e. The van der Waals surface area contributed by atoms with Gasteiger partial charge < -0.3 is 9.42 Å². The van der Waals surface area contributed by atoms with Crippen molar-refractivity contribution in [1.29, 1.82) is 0 Å². The standard InChI is InChI=1S/C19H14F3N3O2S/c20-19(21,22)14-4-1-3-12(9-14)17-23-18(27-24-17)13-10-25(11-13)16(26)7-6-15-5-2-8-28-15/h1-9,13H,10-11H2. The van der Waals surface area contributed by atoms with Crippen LogP contribution in [0.2, 0.25) is 0 Å². The van der Waals surface area contributed by atoms with Crippen molar-refractivity contribution in [3.8, 4) is 11.4 Å². The van der Waals surface area contributed by atoms with Gasteiger partial charge in [0.2, 0.25) is 17.6 Å². The van der Waals surface area contributed by atoms with Crippen molar-refractivity contribution in [2.24, 2.45) is 0 Å². The van der Waals surface area contributed by atoms with E-state index in [9.17, 15) is 18.0 Å². The molecule has 9 heteroatoms. The summed E-state index contributed by atoms with van der Waals surface area (Å²) in [6, 6.07) is 8.60. The van der Waals surface area contributed by atoms with E-state index in [4.69, 9.17) is 4.52 Å². The Hall–Kier alpha value is -2.94. The first kappa shape index (κ1) is 18.4. The van der Waals surface area contributed by atoms with Gasteiger partial charge in [0.05, 0.1) is 11.5 Å². The fourth-order valence-corrected chi connectivity index (χ4v) is 3.43. The monoisotopic (exact) mass is 405 g/mol. The third-order valence-corrected chi connectivity index (χ3v) is 5.20. The number of aromatic nitrogens is 2. The summed E-state index contributed by atoms with van der Waals surface area (Å²) in [4.78, 5) is 19.0. The zero-order valence-corrected chi connectivity index (χ0v) is 15.2. The molecule has 0 atom stereocenters. The fraction of sp³-hybridized carbons (Fsp3) is 0.211. The van der Waals surface area contributed by atoms with Crippen LogP contribution < -0.4 is 0 Å². The Morgan fingerprint density at radius 2 is 2.07 bits per heavy atom. The highest BCUT2D eigenvalue weighted by molar-refractivity contribution is 7.10. The Balaban J connectivity index is 1.39. The van der Waals surface area contributed by atoms with E-state index in [1.807, 2.05) is 17.5 Å². The second-order valence-electron chi connectivity index (χ2n) is 6.32. The van der Waals surface area contributed by atoms with Crippen LogP contribution in [0.4, 0.5) is 13.2 Å². The van der Waals surface area contributed by atoms with Crippen LogP contribution in [0.1, 0.15) is 22.2 Å². The average Bonchev–Trinajstić information content (AvgIpc) is 3.30. The molecule has 0 saturated carbocycles. The molecule has 1 saturated heterocycles. The van der Waals surface area contributed by atoms with E-state index in [0.717, 1.165) is 17.0 Å². The molecule has 5 nitrogen and oxygen atoms in total. The Kier molecular flexibility index (Phi) is 4.76. The minimum Gasteiger partial charge on any atom is -0.339 e. The number of thiophene rings is 1. The van der Waals surface area contributed by atoms with Crippen LogP contribution in [-0.2, 0) is 11.0 Å².